The average molecular weight is 387 g/mol. The van der Waals surface area contributed by atoms with Crippen molar-refractivity contribution in [3.8, 4) is 0 Å². The van der Waals surface area contributed by atoms with Gasteiger partial charge in [0.05, 0.1) is 0 Å². The van der Waals surface area contributed by atoms with Crippen LogP contribution in [-0.4, -0.2) is 19.9 Å². The van der Waals surface area contributed by atoms with Crippen molar-refractivity contribution in [3.05, 3.63) is 28.2 Å². The van der Waals surface area contributed by atoms with Crippen molar-refractivity contribution in [2.75, 3.05) is 11.5 Å². The molecule has 1 aromatic carbocycles. The molecule has 0 bridgehead atoms. The Kier molecular flexibility index (Phi) is 8.10. The van der Waals surface area contributed by atoms with Crippen molar-refractivity contribution >= 4 is 57.9 Å². The Labute approximate surface area is 155 Å². The topological polar surface area (TPSA) is 106 Å². The van der Waals surface area contributed by atoms with E-state index in [9.17, 15) is 0 Å². The number of H-pyrrole nitrogens is 1. The van der Waals surface area contributed by atoms with E-state index in [1.807, 2.05) is 27.7 Å². The summed E-state index contributed by atoms with van der Waals surface area (Å²) in [6.07, 6.45) is 0. The van der Waals surface area contributed by atoms with Crippen LogP contribution in [0.3, 0.4) is 0 Å². The molecule has 0 aliphatic rings. The Balaban J connectivity index is 0.000000671. The minimum atomic E-state index is 0.0869. The predicted molar refractivity (Wildman–Crippen MR) is 104 cm³/mol. The second-order valence-corrected chi connectivity index (χ2v) is 5.85. The maximum atomic E-state index is 5.95. The third-order valence-corrected chi connectivity index (χ3v) is 3.72. The number of benzene rings is 1. The van der Waals surface area contributed by atoms with Crippen LogP contribution in [0.2, 0.25) is 10.0 Å². The van der Waals surface area contributed by atoms with Gasteiger partial charge in [-0.15, -0.1) is 0 Å². The summed E-state index contributed by atoms with van der Waals surface area (Å²) < 4.78 is 0. The summed E-state index contributed by atoms with van der Waals surface area (Å²) in [7, 11) is 0. The lowest BCUT2D eigenvalue weighted by atomic mass is 10.4. The van der Waals surface area contributed by atoms with Crippen molar-refractivity contribution in [1.29, 1.82) is 0 Å². The fourth-order valence-electron chi connectivity index (χ4n) is 1.66. The number of nitrogens with zero attached hydrogens (tertiary/aromatic N) is 3. The molecule has 2 heterocycles. The first-order valence-electron chi connectivity index (χ1n) is 7.44. The lowest BCUT2D eigenvalue weighted by Gasteiger charge is -1.99. The fraction of sp³-hybridized carbons (Fsp3) is 0.267. The zero-order valence-electron chi connectivity index (χ0n) is 13.9. The van der Waals surface area contributed by atoms with Gasteiger partial charge in [-0.1, -0.05) is 62.7 Å². The van der Waals surface area contributed by atoms with Crippen LogP contribution in [0, 0.1) is 0 Å². The van der Waals surface area contributed by atoms with Crippen LogP contribution >= 0.6 is 35.0 Å². The molecule has 0 saturated heterocycles. The van der Waals surface area contributed by atoms with Crippen molar-refractivity contribution in [3.63, 3.8) is 0 Å². The first-order valence-corrected chi connectivity index (χ1v) is 9.01. The lowest BCUT2D eigenvalue weighted by molar-refractivity contribution is 1.07. The third-order valence-electron chi connectivity index (χ3n) is 2.43. The van der Waals surface area contributed by atoms with Gasteiger partial charge in [-0.25, -0.2) is 4.98 Å². The van der Waals surface area contributed by atoms with Gasteiger partial charge in [0, 0.05) is 14.9 Å². The number of anilines is 2. The summed E-state index contributed by atoms with van der Waals surface area (Å²) in [5, 5.41) is 1.71. The molecule has 24 heavy (non-hydrogen) atoms. The second-order valence-electron chi connectivity index (χ2n) is 3.91. The molecule has 9 heteroatoms. The number of rotatable bonds is 2. The monoisotopic (exact) mass is 386 g/mol. The SMILES string of the molecule is CC.CC.Nc1nc(N)c2[nH]c(Sc3cc(Cl)cc(Cl)c3)nc2n1. The number of aromatic amines is 1. The largest absolute Gasteiger partial charge is 0.382 e. The summed E-state index contributed by atoms with van der Waals surface area (Å²) in [4.78, 5) is 16.1. The molecule has 0 unspecified atom stereocenters. The second kappa shape index (κ2) is 9.56. The van der Waals surface area contributed by atoms with Crippen LogP contribution in [0.15, 0.2) is 28.3 Å². The van der Waals surface area contributed by atoms with Gasteiger partial charge < -0.3 is 16.5 Å². The molecule has 0 amide bonds. The normalized spacial score (nSPS) is 9.75. The highest BCUT2D eigenvalue weighted by Gasteiger charge is 2.11. The van der Waals surface area contributed by atoms with Crippen molar-refractivity contribution in [1.82, 2.24) is 19.9 Å². The van der Waals surface area contributed by atoms with Crippen LogP contribution < -0.4 is 11.5 Å². The minimum Gasteiger partial charge on any atom is -0.382 e. The van der Waals surface area contributed by atoms with E-state index in [0.717, 1.165) is 4.90 Å². The highest BCUT2D eigenvalue weighted by molar-refractivity contribution is 7.99. The van der Waals surface area contributed by atoms with E-state index in [1.165, 1.54) is 11.8 Å². The molecule has 0 fully saturated rings. The first-order chi connectivity index (χ1) is 11.5. The summed E-state index contributed by atoms with van der Waals surface area (Å²) in [6, 6.07) is 5.24. The highest BCUT2D eigenvalue weighted by atomic mass is 35.5. The van der Waals surface area contributed by atoms with Gasteiger partial charge in [-0.2, -0.15) is 9.97 Å². The molecule has 0 aliphatic heterocycles. The molecule has 5 N–H and O–H groups in total. The number of nitrogen functional groups attached to an aromatic ring is 2. The van der Waals surface area contributed by atoms with E-state index in [0.29, 0.717) is 26.4 Å². The van der Waals surface area contributed by atoms with Crippen LogP contribution in [0.5, 0.6) is 0 Å². The van der Waals surface area contributed by atoms with Crippen LogP contribution in [0.1, 0.15) is 27.7 Å². The van der Waals surface area contributed by atoms with E-state index in [1.54, 1.807) is 18.2 Å². The molecule has 0 spiro atoms. The number of nitrogens with two attached hydrogens (primary N) is 2. The molecule has 6 nitrogen and oxygen atoms in total. The molecule has 0 radical (unpaired) electrons. The summed E-state index contributed by atoms with van der Waals surface area (Å²) >= 11 is 13.3. The number of aromatic nitrogens is 4. The van der Waals surface area contributed by atoms with Gasteiger partial charge in [-0.3, -0.25) is 0 Å². The Morgan fingerprint density at radius 2 is 1.50 bits per heavy atom. The summed E-state index contributed by atoms with van der Waals surface area (Å²) in [6.45, 7) is 8.00. The van der Waals surface area contributed by atoms with Gasteiger partial charge in [-0.05, 0) is 18.2 Å². The zero-order valence-corrected chi connectivity index (χ0v) is 16.2. The molecular formula is C15H20Cl2N6S. The van der Waals surface area contributed by atoms with Crippen molar-refractivity contribution in [2.45, 2.75) is 37.7 Å². The molecule has 2 aromatic heterocycles. The standard InChI is InChI=1S/C11H8Cl2N6S.2C2H6/c12-4-1-5(13)3-6(2-4)20-11-16-7-8(14)17-10(15)18-9(7)19-11;2*1-2/h1-3H,(H5,14,15,16,17,18,19);2*1-2H3. The Bertz CT molecular complexity index is 786. The minimum absolute atomic E-state index is 0.0869. The molecule has 130 valence electrons. The quantitative estimate of drug-likeness (QED) is 0.570. The number of halogens is 2. The molecule has 0 saturated carbocycles. The van der Waals surface area contributed by atoms with E-state index in [-0.39, 0.29) is 11.8 Å². The molecule has 3 aromatic rings. The van der Waals surface area contributed by atoms with Crippen LogP contribution in [-0.2, 0) is 0 Å². The predicted octanol–water partition coefficient (Wildman–Crippen LogP) is 5.03. The molecule has 0 aliphatic carbocycles. The number of hydrogen-bond donors (Lipinski definition) is 3. The maximum Gasteiger partial charge on any atom is 0.224 e. The summed E-state index contributed by atoms with van der Waals surface area (Å²) in [5.41, 5.74) is 12.3. The average Bonchev–Trinajstić information content (AvgIpc) is 2.93. The fourth-order valence-corrected chi connectivity index (χ4v) is 3.20. The highest BCUT2D eigenvalue weighted by Crippen LogP contribution is 2.32. The zero-order chi connectivity index (χ0) is 18.3. The Morgan fingerprint density at radius 3 is 2.08 bits per heavy atom. The molecular weight excluding hydrogens is 367 g/mol. The van der Waals surface area contributed by atoms with Gasteiger partial charge in [0.1, 0.15) is 5.52 Å². The number of fused-ring (bicyclic) bond motifs is 1. The molecule has 0 atom stereocenters. The third kappa shape index (κ3) is 5.15. The van der Waals surface area contributed by atoms with E-state index in [4.69, 9.17) is 34.7 Å². The van der Waals surface area contributed by atoms with E-state index >= 15 is 0 Å². The van der Waals surface area contributed by atoms with Crippen molar-refractivity contribution in [2.24, 2.45) is 0 Å². The smallest absolute Gasteiger partial charge is 0.224 e. The molecule has 3 rings (SSSR count). The van der Waals surface area contributed by atoms with Gasteiger partial charge in [0.15, 0.2) is 16.6 Å². The van der Waals surface area contributed by atoms with Crippen LogP contribution in [0.4, 0.5) is 11.8 Å². The maximum absolute atomic E-state index is 5.95. The number of imidazole rings is 1. The first kappa shape index (κ1) is 20.3. The van der Waals surface area contributed by atoms with E-state index in [2.05, 4.69) is 19.9 Å². The Morgan fingerprint density at radius 1 is 0.917 bits per heavy atom. The number of nitrogens with one attached hydrogen (secondary N) is 1. The number of hydrogen-bond acceptors (Lipinski definition) is 6. The van der Waals surface area contributed by atoms with Crippen LogP contribution in [0.25, 0.3) is 11.2 Å². The van der Waals surface area contributed by atoms with Gasteiger partial charge >= 0.3 is 0 Å². The van der Waals surface area contributed by atoms with Gasteiger partial charge in [0.2, 0.25) is 5.95 Å². The van der Waals surface area contributed by atoms with Gasteiger partial charge in [0.25, 0.3) is 0 Å². The van der Waals surface area contributed by atoms with E-state index < -0.39 is 0 Å². The summed E-state index contributed by atoms with van der Waals surface area (Å²) in [5.74, 6) is 0.347. The lowest BCUT2D eigenvalue weighted by Crippen LogP contribution is -1.99. The Hall–Kier alpha value is -1.70. The van der Waals surface area contributed by atoms with Crippen molar-refractivity contribution < 1.29 is 0 Å².